The first-order valence-corrected chi connectivity index (χ1v) is 5.26. The van der Waals surface area contributed by atoms with Gasteiger partial charge in [0.15, 0.2) is 5.96 Å². The summed E-state index contributed by atoms with van der Waals surface area (Å²) in [5, 5.41) is 18.9. The van der Waals surface area contributed by atoms with Crippen LogP contribution in [0.1, 0.15) is 17.3 Å². The van der Waals surface area contributed by atoms with E-state index in [0.717, 1.165) is 0 Å². The molecule has 96 valence electrons. The number of guanidine groups is 1. The molecule has 0 radical (unpaired) electrons. The first-order chi connectivity index (χ1) is 8.52. The molecule has 0 amide bonds. The largest absolute Gasteiger partial charge is 0.429 e. The number of nitrogens with two attached hydrogens (primary N) is 1. The van der Waals surface area contributed by atoms with E-state index < -0.39 is 12.3 Å². The average Bonchev–Trinajstić information content (AvgIpc) is 2.29. The predicted octanol–water partition coefficient (Wildman–Crippen LogP) is 1.04. The second-order valence-corrected chi connectivity index (χ2v) is 3.44. The molecule has 1 rings (SSSR count). The van der Waals surface area contributed by atoms with Gasteiger partial charge < -0.3 is 20.9 Å². The number of hydrogen-bond donors (Lipinski definition) is 4. The summed E-state index contributed by atoms with van der Waals surface area (Å²) in [7, 11) is 0. The van der Waals surface area contributed by atoms with Gasteiger partial charge in [-0.1, -0.05) is 6.08 Å². The standard InChI is InChI=1S/C12H15N3O3/c1-2-3-10(16)18-11(17)8-4-6-9(7-5-8)15-12(13)14/h2-7,10,16H,1H3,(H4,13,14,15)/b3-2+. The third-order valence-electron chi connectivity index (χ3n) is 1.98. The summed E-state index contributed by atoms with van der Waals surface area (Å²) < 4.78 is 4.74. The lowest BCUT2D eigenvalue weighted by Gasteiger charge is -2.08. The van der Waals surface area contributed by atoms with Crippen LogP contribution in [0.5, 0.6) is 0 Å². The zero-order chi connectivity index (χ0) is 13.5. The van der Waals surface area contributed by atoms with E-state index in [4.69, 9.17) is 15.9 Å². The number of carbonyl (C=O) groups is 1. The zero-order valence-electron chi connectivity index (χ0n) is 9.88. The van der Waals surface area contributed by atoms with Crippen molar-refractivity contribution in [2.24, 2.45) is 5.73 Å². The summed E-state index contributed by atoms with van der Waals surface area (Å²) in [5.41, 5.74) is 6.05. The molecule has 6 heteroatoms. The normalized spacial score (nSPS) is 12.1. The number of hydrogen-bond acceptors (Lipinski definition) is 4. The second-order valence-electron chi connectivity index (χ2n) is 3.44. The van der Waals surface area contributed by atoms with Gasteiger partial charge in [-0.15, -0.1) is 0 Å². The Morgan fingerprint density at radius 2 is 2.11 bits per heavy atom. The number of aliphatic hydroxyl groups excluding tert-OH is 1. The van der Waals surface area contributed by atoms with Crippen LogP contribution in [-0.2, 0) is 4.74 Å². The SMILES string of the molecule is C/C=C/C(O)OC(=O)c1ccc(NC(=N)N)cc1. The fourth-order valence-electron chi connectivity index (χ4n) is 1.23. The van der Waals surface area contributed by atoms with Crippen LogP contribution in [0.25, 0.3) is 0 Å². The number of carbonyl (C=O) groups excluding carboxylic acids is 1. The number of aliphatic hydroxyl groups is 1. The van der Waals surface area contributed by atoms with Crippen LogP contribution in [0.15, 0.2) is 36.4 Å². The Bertz CT molecular complexity index is 454. The molecular formula is C12H15N3O3. The van der Waals surface area contributed by atoms with Crippen LogP contribution in [0.4, 0.5) is 5.69 Å². The number of anilines is 1. The van der Waals surface area contributed by atoms with Gasteiger partial charge in [0.2, 0.25) is 6.29 Å². The van der Waals surface area contributed by atoms with Gasteiger partial charge in [0.25, 0.3) is 0 Å². The monoisotopic (exact) mass is 249 g/mol. The van der Waals surface area contributed by atoms with E-state index in [9.17, 15) is 9.90 Å². The van der Waals surface area contributed by atoms with Crippen LogP contribution in [0.3, 0.4) is 0 Å². The Balaban J connectivity index is 2.67. The molecule has 6 nitrogen and oxygen atoms in total. The van der Waals surface area contributed by atoms with Crippen molar-refractivity contribution >= 4 is 17.6 Å². The van der Waals surface area contributed by atoms with E-state index >= 15 is 0 Å². The van der Waals surface area contributed by atoms with Crippen LogP contribution >= 0.6 is 0 Å². The van der Waals surface area contributed by atoms with Gasteiger partial charge in [-0.25, -0.2) is 4.79 Å². The predicted molar refractivity (Wildman–Crippen MR) is 68.2 cm³/mol. The molecule has 1 unspecified atom stereocenters. The van der Waals surface area contributed by atoms with E-state index in [1.807, 2.05) is 0 Å². The minimum Gasteiger partial charge on any atom is -0.429 e. The lowest BCUT2D eigenvalue weighted by molar-refractivity contribution is -0.0352. The molecule has 18 heavy (non-hydrogen) atoms. The van der Waals surface area contributed by atoms with E-state index in [-0.39, 0.29) is 5.96 Å². The van der Waals surface area contributed by atoms with Crippen LogP contribution < -0.4 is 11.1 Å². The van der Waals surface area contributed by atoms with E-state index in [1.165, 1.54) is 18.2 Å². The molecular weight excluding hydrogens is 234 g/mol. The minimum atomic E-state index is -1.25. The molecule has 0 saturated carbocycles. The maximum atomic E-state index is 11.6. The maximum absolute atomic E-state index is 11.6. The lowest BCUT2D eigenvalue weighted by atomic mass is 10.2. The second kappa shape index (κ2) is 6.41. The number of benzene rings is 1. The van der Waals surface area contributed by atoms with Gasteiger partial charge in [-0.2, -0.15) is 0 Å². The average molecular weight is 249 g/mol. The molecule has 1 aromatic rings. The van der Waals surface area contributed by atoms with Crippen molar-refractivity contribution in [1.82, 2.24) is 0 Å². The van der Waals surface area contributed by atoms with Gasteiger partial charge in [0.05, 0.1) is 5.56 Å². The van der Waals surface area contributed by atoms with Gasteiger partial charge in [0.1, 0.15) is 0 Å². The summed E-state index contributed by atoms with van der Waals surface area (Å²) >= 11 is 0. The smallest absolute Gasteiger partial charge is 0.340 e. The van der Waals surface area contributed by atoms with Crippen molar-refractivity contribution in [3.8, 4) is 0 Å². The highest BCUT2D eigenvalue weighted by molar-refractivity contribution is 5.92. The highest BCUT2D eigenvalue weighted by atomic mass is 16.6. The highest BCUT2D eigenvalue weighted by Crippen LogP contribution is 2.10. The van der Waals surface area contributed by atoms with Crippen LogP contribution in [-0.4, -0.2) is 23.3 Å². The molecule has 1 atom stereocenters. The summed E-state index contributed by atoms with van der Waals surface area (Å²) in [6.45, 7) is 1.71. The van der Waals surface area contributed by atoms with Gasteiger partial charge >= 0.3 is 5.97 Å². The fourth-order valence-corrected chi connectivity index (χ4v) is 1.23. The van der Waals surface area contributed by atoms with Crippen molar-refractivity contribution in [2.45, 2.75) is 13.2 Å². The third kappa shape index (κ3) is 4.26. The fraction of sp³-hybridized carbons (Fsp3) is 0.167. The Morgan fingerprint density at radius 3 is 2.61 bits per heavy atom. The minimum absolute atomic E-state index is 0.186. The number of ether oxygens (including phenoxy) is 1. The van der Waals surface area contributed by atoms with E-state index in [0.29, 0.717) is 11.3 Å². The Hall–Kier alpha value is -2.34. The number of nitrogens with one attached hydrogen (secondary N) is 2. The van der Waals surface area contributed by atoms with Gasteiger partial charge in [0, 0.05) is 5.69 Å². The van der Waals surface area contributed by atoms with E-state index in [1.54, 1.807) is 25.1 Å². The number of rotatable bonds is 4. The summed E-state index contributed by atoms with van der Waals surface area (Å²) in [6.07, 6.45) is 1.68. The molecule has 0 aliphatic heterocycles. The Morgan fingerprint density at radius 1 is 1.50 bits per heavy atom. The molecule has 0 aliphatic carbocycles. The summed E-state index contributed by atoms with van der Waals surface area (Å²) in [4.78, 5) is 11.6. The van der Waals surface area contributed by atoms with Crippen LogP contribution in [0, 0.1) is 5.41 Å². The molecule has 0 fully saturated rings. The van der Waals surface area contributed by atoms with Gasteiger partial charge in [-0.3, -0.25) is 5.41 Å². The molecule has 0 heterocycles. The Labute approximate surface area is 105 Å². The molecule has 0 saturated heterocycles. The molecule has 0 bridgehead atoms. The number of allylic oxidation sites excluding steroid dienone is 1. The summed E-state index contributed by atoms with van der Waals surface area (Å²) in [5.74, 6) is -0.816. The number of esters is 1. The molecule has 0 aromatic heterocycles. The third-order valence-corrected chi connectivity index (χ3v) is 1.98. The highest BCUT2D eigenvalue weighted by Gasteiger charge is 2.10. The molecule has 1 aromatic carbocycles. The van der Waals surface area contributed by atoms with Crippen molar-refractivity contribution in [2.75, 3.05) is 5.32 Å². The van der Waals surface area contributed by atoms with Crippen molar-refractivity contribution < 1.29 is 14.6 Å². The van der Waals surface area contributed by atoms with Crippen molar-refractivity contribution in [1.29, 1.82) is 5.41 Å². The first-order valence-electron chi connectivity index (χ1n) is 5.26. The van der Waals surface area contributed by atoms with Crippen LogP contribution in [0.2, 0.25) is 0 Å². The first kappa shape index (κ1) is 13.7. The quantitative estimate of drug-likeness (QED) is 0.210. The Kier molecular flexibility index (Phi) is 4.89. The maximum Gasteiger partial charge on any atom is 0.340 e. The van der Waals surface area contributed by atoms with Gasteiger partial charge in [-0.05, 0) is 37.3 Å². The van der Waals surface area contributed by atoms with E-state index in [2.05, 4.69) is 5.32 Å². The summed E-state index contributed by atoms with van der Waals surface area (Å²) in [6, 6.07) is 6.19. The molecule has 0 spiro atoms. The lowest BCUT2D eigenvalue weighted by Crippen LogP contribution is -2.20. The topological polar surface area (TPSA) is 108 Å². The van der Waals surface area contributed by atoms with Crippen molar-refractivity contribution in [3.05, 3.63) is 42.0 Å². The zero-order valence-corrected chi connectivity index (χ0v) is 9.88. The van der Waals surface area contributed by atoms with Crippen molar-refractivity contribution in [3.63, 3.8) is 0 Å². The molecule has 5 N–H and O–H groups in total. The molecule has 0 aliphatic rings.